The molecule has 1 aromatic heterocycles. The largest absolute Gasteiger partial charge is 0.483 e. The standard InChI is InChI=1S/C23H36N4O2.CH2O2/c1-17-12-20(14-26(4)16-23-24-22(25-29-23)9-11-28-5)19(3)21(13-17)15-27-10-7-6-8-18(27)2;2-1-3/h12-13,18H,6-11,14-16H2,1-5H3;1H,(H,2,3). The lowest BCUT2D eigenvalue weighted by Crippen LogP contribution is -2.37. The van der Waals surface area contributed by atoms with Crippen molar-refractivity contribution in [3.63, 3.8) is 0 Å². The average Bonchev–Trinajstić information content (AvgIpc) is 3.19. The first-order chi connectivity index (χ1) is 15.4. The Morgan fingerprint density at radius 3 is 2.69 bits per heavy atom. The summed E-state index contributed by atoms with van der Waals surface area (Å²) in [6.45, 7) is 11.0. The van der Waals surface area contributed by atoms with Crippen molar-refractivity contribution < 1.29 is 19.2 Å². The van der Waals surface area contributed by atoms with Crippen LogP contribution in [-0.4, -0.2) is 64.9 Å². The Bertz CT molecular complexity index is 839. The number of nitrogens with zero attached hydrogens (tertiary/aromatic N) is 4. The number of hydrogen-bond donors (Lipinski definition) is 1. The topological polar surface area (TPSA) is 91.9 Å². The van der Waals surface area contributed by atoms with Crippen LogP contribution in [0.2, 0.25) is 0 Å². The number of carbonyl (C=O) groups is 1. The third kappa shape index (κ3) is 8.00. The molecule has 1 N–H and O–H groups in total. The van der Waals surface area contributed by atoms with E-state index in [9.17, 15) is 0 Å². The molecule has 2 heterocycles. The lowest BCUT2D eigenvalue weighted by Gasteiger charge is -2.34. The maximum absolute atomic E-state index is 8.36. The fourth-order valence-corrected chi connectivity index (χ4v) is 4.18. The molecule has 1 atom stereocenters. The van der Waals surface area contributed by atoms with E-state index in [1.165, 1.54) is 48.1 Å². The number of hydrogen-bond acceptors (Lipinski definition) is 7. The molecule has 8 heteroatoms. The van der Waals surface area contributed by atoms with Gasteiger partial charge in [0.1, 0.15) is 0 Å². The molecule has 1 fully saturated rings. The van der Waals surface area contributed by atoms with Gasteiger partial charge >= 0.3 is 0 Å². The fraction of sp³-hybridized carbons (Fsp3) is 0.625. The first kappa shape index (κ1) is 26.0. The number of ether oxygens (including phenoxy) is 1. The number of aromatic nitrogens is 2. The van der Waals surface area contributed by atoms with Crippen LogP contribution in [0.25, 0.3) is 0 Å². The number of benzene rings is 1. The number of piperidine rings is 1. The summed E-state index contributed by atoms with van der Waals surface area (Å²) in [7, 11) is 3.78. The van der Waals surface area contributed by atoms with Crippen molar-refractivity contribution in [3.8, 4) is 0 Å². The van der Waals surface area contributed by atoms with Crippen molar-refractivity contribution in [2.24, 2.45) is 0 Å². The van der Waals surface area contributed by atoms with Gasteiger partial charge in [-0.1, -0.05) is 29.3 Å². The van der Waals surface area contributed by atoms with E-state index in [-0.39, 0.29) is 6.47 Å². The molecule has 2 aromatic rings. The van der Waals surface area contributed by atoms with Crippen LogP contribution in [-0.2, 0) is 35.6 Å². The van der Waals surface area contributed by atoms with E-state index >= 15 is 0 Å². The van der Waals surface area contributed by atoms with E-state index in [4.69, 9.17) is 19.2 Å². The molecule has 0 saturated carbocycles. The lowest BCUT2D eigenvalue weighted by atomic mass is 9.96. The molecule has 32 heavy (non-hydrogen) atoms. The van der Waals surface area contributed by atoms with Gasteiger partial charge < -0.3 is 14.4 Å². The van der Waals surface area contributed by atoms with E-state index in [0.717, 1.165) is 13.1 Å². The summed E-state index contributed by atoms with van der Waals surface area (Å²) in [5.41, 5.74) is 5.58. The van der Waals surface area contributed by atoms with E-state index in [2.05, 4.69) is 59.9 Å². The Balaban J connectivity index is 0.00000114. The molecule has 1 aliphatic rings. The minimum Gasteiger partial charge on any atom is -0.483 e. The smallest absolute Gasteiger partial charge is 0.290 e. The van der Waals surface area contributed by atoms with Gasteiger partial charge in [-0.3, -0.25) is 14.6 Å². The fourth-order valence-electron chi connectivity index (χ4n) is 4.18. The average molecular weight is 447 g/mol. The molecule has 3 rings (SSSR count). The summed E-state index contributed by atoms with van der Waals surface area (Å²) in [6.07, 6.45) is 4.68. The highest BCUT2D eigenvalue weighted by atomic mass is 16.5. The minimum absolute atomic E-state index is 0.250. The second-order valence-electron chi connectivity index (χ2n) is 8.65. The third-order valence-corrected chi connectivity index (χ3v) is 5.97. The number of aryl methyl sites for hydroxylation is 1. The van der Waals surface area contributed by atoms with Gasteiger partial charge in [-0.05, 0) is 63.9 Å². The molecule has 1 aliphatic heterocycles. The maximum atomic E-state index is 8.36. The zero-order valence-electron chi connectivity index (χ0n) is 20.1. The van der Waals surface area contributed by atoms with E-state index in [1.54, 1.807) is 7.11 Å². The highest BCUT2D eigenvalue weighted by molar-refractivity contribution is 5.38. The van der Waals surface area contributed by atoms with Crippen LogP contribution in [0.15, 0.2) is 16.7 Å². The maximum Gasteiger partial charge on any atom is 0.290 e. The van der Waals surface area contributed by atoms with Crippen LogP contribution in [0.1, 0.15) is 60.2 Å². The molecule has 0 amide bonds. The van der Waals surface area contributed by atoms with E-state index in [1.807, 2.05) is 0 Å². The van der Waals surface area contributed by atoms with Crippen LogP contribution in [0, 0.1) is 13.8 Å². The van der Waals surface area contributed by atoms with Gasteiger partial charge in [-0.15, -0.1) is 0 Å². The van der Waals surface area contributed by atoms with Crippen LogP contribution in [0.5, 0.6) is 0 Å². The Morgan fingerprint density at radius 1 is 1.28 bits per heavy atom. The van der Waals surface area contributed by atoms with Crippen LogP contribution in [0.3, 0.4) is 0 Å². The predicted octanol–water partition coefficient (Wildman–Crippen LogP) is 3.58. The molecule has 8 nitrogen and oxygen atoms in total. The lowest BCUT2D eigenvalue weighted by molar-refractivity contribution is -0.122. The molecular formula is C24H38N4O4. The van der Waals surface area contributed by atoms with Gasteiger partial charge in [-0.2, -0.15) is 4.98 Å². The predicted molar refractivity (Wildman–Crippen MR) is 123 cm³/mol. The zero-order chi connectivity index (χ0) is 23.5. The summed E-state index contributed by atoms with van der Waals surface area (Å²) in [6, 6.07) is 5.35. The van der Waals surface area contributed by atoms with Gasteiger partial charge in [0.2, 0.25) is 5.89 Å². The highest BCUT2D eigenvalue weighted by Crippen LogP contribution is 2.24. The van der Waals surface area contributed by atoms with Crippen LogP contribution < -0.4 is 0 Å². The number of rotatable bonds is 9. The Labute approximate surface area is 191 Å². The quantitative estimate of drug-likeness (QED) is 0.585. The van der Waals surface area contributed by atoms with Crippen molar-refractivity contribution in [2.75, 3.05) is 27.3 Å². The first-order valence-corrected chi connectivity index (χ1v) is 11.3. The third-order valence-electron chi connectivity index (χ3n) is 5.97. The Hall–Kier alpha value is -2.29. The van der Waals surface area contributed by atoms with Gasteiger partial charge in [-0.25, -0.2) is 0 Å². The van der Waals surface area contributed by atoms with Gasteiger partial charge in [0.05, 0.1) is 13.2 Å². The van der Waals surface area contributed by atoms with E-state index in [0.29, 0.717) is 37.3 Å². The Kier molecular flexibility index (Phi) is 10.8. The second-order valence-corrected chi connectivity index (χ2v) is 8.65. The summed E-state index contributed by atoms with van der Waals surface area (Å²) < 4.78 is 10.5. The van der Waals surface area contributed by atoms with Gasteiger partial charge in [0, 0.05) is 32.7 Å². The molecule has 1 aromatic carbocycles. The number of methoxy groups -OCH3 is 1. The molecule has 1 unspecified atom stereocenters. The van der Waals surface area contributed by atoms with E-state index < -0.39 is 0 Å². The highest BCUT2D eigenvalue weighted by Gasteiger charge is 2.20. The van der Waals surface area contributed by atoms with Gasteiger partial charge in [0.15, 0.2) is 5.82 Å². The summed E-state index contributed by atoms with van der Waals surface area (Å²) in [5.74, 6) is 1.37. The van der Waals surface area contributed by atoms with Crippen molar-refractivity contribution in [1.82, 2.24) is 19.9 Å². The van der Waals surface area contributed by atoms with Crippen LogP contribution in [0.4, 0.5) is 0 Å². The normalized spacial score (nSPS) is 16.6. The summed E-state index contributed by atoms with van der Waals surface area (Å²) in [5, 5.41) is 10.9. The molecule has 0 bridgehead atoms. The van der Waals surface area contributed by atoms with Gasteiger partial charge in [0.25, 0.3) is 6.47 Å². The van der Waals surface area contributed by atoms with Crippen molar-refractivity contribution >= 4 is 6.47 Å². The molecule has 0 aliphatic carbocycles. The van der Waals surface area contributed by atoms with Crippen molar-refractivity contribution in [2.45, 2.75) is 72.1 Å². The first-order valence-electron chi connectivity index (χ1n) is 11.3. The minimum atomic E-state index is -0.250. The van der Waals surface area contributed by atoms with Crippen molar-refractivity contribution in [1.29, 1.82) is 0 Å². The molecular weight excluding hydrogens is 408 g/mol. The summed E-state index contributed by atoms with van der Waals surface area (Å²) in [4.78, 5) is 17.7. The Morgan fingerprint density at radius 2 is 2.00 bits per heavy atom. The summed E-state index contributed by atoms with van der Waals surface area (Å²) >= 11 is 0. The molecule has 0 spiro atoms. The second kappa shape index (κ2) is 13.3. The molecule has 1 saturated heterocycles. The molecule has 0 radical (unpaired) electrons. The van der Waals surface area contributed by atoms with Crippen molar-refractivity contribution in [3.05, 3.63) is 46.1 Å². The number of carboxylic acid groups (broad SMARTS) is 1. The molecule has 178 valence electrons. The number of likely N-dealkylation sites (tertiary alicyclic amines) is 1. The monoisotopic (exact) mass is 446 g/mol. The van der Waals surface area contributed by atoms with Crippen LogP contribution >= 0.6 is 0 Å². The zero-order valence-corrected chi connectivity index (χ0v) is 20.1. The SMILES string of the molecule is COCCc1noc(CN(C)Cc2cc(C)cc(CN3CCCCC3C)c2C)n1.O=CO.